The maximum absolute atomic E-state index is 12.3. The number of rotatable bonds is 5. The lowest BCUT2D eigenvalue weighted by molar-refractivity contribution is -0.120. The summed E-state index contributed by atoms with van der Waals surface area (Å²) in [4.78, 5) is 36.4. The topological polar surface area (TPSA) is 87.3 Å². The van der Waals surface area contributed by atoms with Gasteiger partial charge in [-0.1, -0.05) is 49.1 Å². The van der Waals surface area contributed by atoms with Gasteiger partial charge in [-0.15, -0.1) is 0 Å². The van der Waals surface area contributed by atoms with Gasteiger partial charge >= 0.3 is 0 Å². The molecule has 1 aliphatic rings. The average molecular weight is 426 g/mol. The monoisotopic (exact) mass is 425 g/mol. The summed E-state index contributed by atoms with van der Waals surface area (Å²) in [6.45, 7) is 0. The van der Waals surface area contributed by atoms with Crippen molar-refractivity contribution in [3.05, 3.63) is 70.8 Å². The fraction of sp³-hybridized carbons (Fsp3) is 0.261. The molecule has 3 N–H and O–H groups in total. The van der Waals surface area contributed by atoms with E-state index in [2.05, 4.69) is 16.2 Å². The number of hydrazine groups is 1. The van der Waals surface area contributed by atoms with E-state index in [0.29, 0.717) is 21.8 Å². The summed E-state index contributed by atoms with van der Waals surface area (Å²) in [5.41, 5.74) is 6.38. The molecule has 0 aliphatic heterocycles. The maximum atomic E-state index is 12.3. The van der Waals surface area contributed by atoms with Crippen LogP contribution in [-0.4, -0.2) is 17.7 Å². The van der Waals surface area contributed by atoms with E-state index in [0.717, 1.165) is 25.7 Å². The fourth-order valence-electron chi connectivity index (χ4n) is 3.32. The second-order valence-electron chi connectivity index (χ2n) is 7.20. The first-order valence-electron chi connectivity index (χ1n) is 9.97. The lowest BCUT2D eigenvalue weighted by atomic mass is 9.88. The van der Waals surface area contributed by atoms with Gasteiger partial charge in [-0.05, 0) is 54.8 Å². The highest BCUT2D eigenvalue weighted by atomic mass is 35.5. The summed E-state index contributed by atoms with van der Waals surface area (Å²) >= 11 is 6.02. The smallest absolute Gasteiger partial charge is 0.269 e. The zero-order chi connectivity index (χ0) is 21.3. The molecular formula is C23H24ClN3O3. The van der Waals surface area contributed by atoms with Crippen molar-refractivity contribution in [3.8, 4) is 0 Å². The Bertz CT molecular complexity index is 935. The van der Waals surface area contributed by atoms with Gasteiger partial charge in [0.1, 0.15) is 0 Å². The molecule has 1 saturated carbocycles. The number of amides is 3. The highest BCUT2D eigenvalue weighted by Crippen LogP contribution is 2.25. The van der Waals surface area contributed by atoms with Crippen molar-refractivity contribution in [3.63, 3.8) is 0 Å². The normalized spacial score (nSPS) is 14.3. The number of anilines is 1. The zero-order valence-corrected chi connectivity index (χ0v) is 17.2. The van der Waals surface area contributed by atoms with E-state index >= 15 is 0 Å². The molecular weight excluding hydrogens is 402 g/mol. The number of nitrogens with one attached hydrogen (secondary N) is 3. The molecule has 0 spiro atoms. The third-order valence-corrected chi connectivity index (χ3v) is 5.35. The molecule has 0 bridgehead atoms. The predicted molar refractivity (Wildman–Crippen MR) is 118 cm³/mol. The van der Waals surface area contributed by atoms with Crippen molar-refractivity contribution in [2.75, 3.05) is 5.32 Å². The van der Waals surface area contributed by atoms with Gasteiger partial charge < -0.3 is 5.32 Å². The molecule has 0 radical (unpaired) electrons. The van der Waals surface area contributed by atoms with Crippen molar-refractivity contribution in [2.45, 2.75) is 32.1 Å². The lowest BCUT2D eigenvalue weighted by Crippen LogP contribution is -2.40. The van der Waals surface area contributed by atoms with Crippen LogP contribution in [0.5, 0.6) is 0 Å². The Labute approximate surface area is 180 Å². The molecule has 0 saturated heterocycles. The molecule has 7 heteroatoms. The Morgan fingerprint density at radius 1 is 0.900 bits per heavy atom. The summed E-state index contributed by atoms with van der Waals surface area (Å²) in [6.07, 6.45) is 8.08. The molecule has 0 atom stereocenters. The molecule has 3 amide bonds. The Morgan fingerprint density at radius 2 is 1.60 bits per heavy atom. The van der Waals surface area contributed by atoms with Crippen LogP contribution in [-0.2, 0) is 9.59 Å². The molecule has 30 heavy (non-hydrogen) atoms. The van der Waals surface area contributed by atoms with E-state index in [4.69, 9.17) is 11.6 Å². The standard InChI is InChI=1S/C23H24ClN3O3/c24-20-9-5-4-6-16(20)12-15-21(28)26-27-23(30)18-10-13-19(14-11-18)25-22(29)17-7-2-1-3-8-17/h4-6,9-15,17H,1-3,7-8H2,(H,25,29)(H,26,28)(H,27,30). The summed E-state index contributed by atoms with van der Waals surface area (Å²) in [5, 5.41) is 3.43. The SMILES string of the molecule is O=C(C=Cc1ccccc1Cl)NNC(=O)c1ccc(NC(=O)C2CCCCC2)cc1. The lowest BCUT2D eigenvalue weighted by Gasteiger charge is -2.20. The minimum absolute atomic E-state index is 0.0319. The van der Waals surface area contributed by atoms with Crippen molar-refractivity contribution >= 4 is 41.1 Å². The quantitative estimate of drug-likeness (QED) is 0.492. The fourth-order valence-corrected chi connectivity index (χ4v) is 3.52. The van der Waals surface area contributed by atoms with E-state index in [-0.39, 0.29) is 11.8 Å². The second-order valence-corrected chi connectivity index (χ2v) is 7.61. The molecule has 156 valence electrons. The van der Waals surface area contributed by atoms with E-state index in [1.54, 1.807) is 48.5 Å². The van der Waals surface area contributed by atoms with E-state index in [9.17, 15) is 14.4 Å². The van der Waals surface area contributed by atoms with Gasteiger partial charge in [0.25, 0.3) is 11.8 Å². The molecule has 0 heterocycles. The molecule has 2 aromatic rings. The summed E-state index contributed by atoms with van der Waals surface area (Å²) in [7, 11) is 0. The number of hydrogen-bond donors (Lipinski definition) is 3. The minimum Gasteiger partial charge on any atom is -0.326 e. The number of benzene rings is 2. The first-order valence-corrected chi connectivity index (χ1v) is 10.3. The van der Waals surface area contributed by atoms with Gasteiger partial charge in [-0.3, -0.25) is 25.2 Å². The van der Waals surface area contributed by atoms with Crippen LogP contribution in [0.3, 0.4) is 0 Å². The van der Waals surface area contributed by atoms with Crippen LogP contribution in [0.2, 0.25) is 5.02 Å². The van der Waals surface area contributed by atoms with Crippen LogP contribution in [0.15, 0.2) is 54.6 Å². The molecule has 2 aromatic carbocycles. The van der Waals surface area contributed by atoms with Crippen LogP contribution >= 0.6 is 11.6 Å². The largest absolute Gasteiger partial charge is 0.326 e. The van der Waals surface area contributed by atoms with Crippen LogP contribution in [0.4, 0.5) is 5.69 Å². The zero-order valence-electron chi connectivity index (χ0n) is 16.5. The summed E-state index contributed by atoms with van der Waals surface area (Å²) in [5.74, 6) is -0.848. The molecule has 1 fully saturated rings. The predicted octanol–water partition coefficient (Wildman–Crippen LogP) is 4.33. The second kappa shape index (κ2) is 10.6. The van der Waals surface area contributed by atoms with Crippen molar-refractivity contribution in [1.29, 1.82) is 0 Å². The van der Waals surface area contributed by atoms with Gasteiger partial charge in [0.2, 0.25) is 5.91 Å². The number of halogens is 1. The Hall–Kier alpha value is -3.12. The van der Waals surface area contributed by atoms with Gasteiger partial charge in [0.15, 0.2) is 0 Å². The van der Waals surface area contributed by atoms with E-state index in [1.165, 1.54) is 12.5 Å². The molecule has 6 nitrogen and oxygen atoms in total. The number of hydrogen-bond acceptors (Lipinski definition) is 3. The van der Waals surface area contributed by atoms with Crippen molar-refractivity contribution in [1.82, 2.24) is 10.9 Å². The summed E-state index contributed by atoms with van der Waals surface area (Å²) in [6, 6.07) is 13.7. The van der Waals surface area contributed by atoms with Crippen LogP contribution in [0.25, 0.3) is 6.08 Å². The van der Waals surface area contributed by atoms with Gasteiger partial charge in [-0.2, -0.15) is 0 Å². The Kier molecular flexibility index (Phi) is 7.63. The summed E-state index contributed by atoms with van der Waals surface area (Å²) < 4.78 is 0. The molecule has 3 rings (SSSR count). The third-order valence-electron chi connectivity index (χ3n) is 5.01. The third kappa shape index (κ3) is 6.19. The van der Waals surface area contributed by atoms with E-state index in [1.807, 2.05) is 6.07 Å². The van der Waals surface area contributed by atoms with Gasteiger partial charge in [-0.25, -0.2) is 0 Å². The molecule has 0 aromatic heterocycles. The van der Waals surface area contributed by atoms with Crippen LogP contribution in [0.1, 0.15) is 48.0 Å². The first-order chi connectivity index (χ1) is 14.5. The van der Waals surface area contributed by atoms with Crippen molar-refractivity contribution < 1.29 is 14.4 Å². The van der Waals surface area contributed by atoms with Crippen molar-refractivity contribution in [2.24, 2.45) is 5.92 Å². The number of carbonyl (C=O) groups excluding carboxylic acids is 3. The van der Waals surface area contributed by atoms with Gasteiger partial charge in [0, 0.05) is 28.3 Å². The highest BCUT2D eigenvalue weighted by Gasteiger charge is 2.21. The maximum Gasteiger partial charge on any atom is 0.269 e. The van der Waals surface area contributed by atoms with Crippen LogP contribution in [0, 0.1) is 5.92 Å². The van der Waals surface area contributed by atoms with Gasteiger partial charge in [0.05, 0.1) is 0 Å². The number of carbonyl (C=O) groups is 3. The minimum atomic E-state index is -0.486. The Morgan fingerprint density at radius 3 is 2.30 bits per heavy atom. The highest BCUT2D eigenvalue weighted by molar-refractivity contribution is 6.32. The Balaban J connectivity index is 1.47. The molecule has 1 aliphatic carbocycles. The molecule has 0 unspecified atom stereocenters. The van der Waals surface area contributed by atoms with E-state index < -0.39 is 11.8 Å². The average Bonchev–Trinajstić information content (AvgIpc) is 2.78. The first kappa shape index (κ1) is 21.6. The van der Waals surface area contributed by atoms with Crippen LogP contribution < -0.4 is 16.2 Å².